The number of rotatable bonds is 7. The van der Waals surface area contributed by atoms with Crippen LogP contribution in [0.4, 0.5) is 10.1 Å². The molecule has 0 saturated carbocycles. The van der Waals surface area contributed by atoms with Crippen molar-refractivity contribution in [2.75, 3.05) is 25.5 Å². The molecular formula is C27H28FN3O4S. The van der Waals surface area contributed by atoms with Crippen molar-refractivity contribution in [2.45, 2.75) is 24.3 Å². The molecule has 3 aromatic carbocycles. The summed E-state index contributed by atoms with van der Waals surface area (Å²) < 4.78 is 40.2. The summed E-state index contributed by atoms with van der Waals surface area (Å²) in [5.74, 6) is -1.00. The number of amides is 2. The van der Waals surface area contributed by atoms with Crippen molar-refractivity contribution in [2.24, 2.45) is 5.92 Å². The van der Waals surface area contributed by atoms with E-state index in [0.29, 0.717) is 37.2 Å². The largest absolute Gasteiger partial charge is 0.339 e. The Morgan fingerprint density at radius 1 is 0.944 bits per heavy atom. The summed E-state index contributed by atoms with van der Waals surface area (Å²) in [6.07, 6.45) is 1.02. The molecule has 1 aliphatic heterocycles. The number of carbonyl (C=O) groups is 2. The molecule has 4 rings (SSSR count). The van der Waals surface area contributed by atoms with E-state index in [2.05, 4.69) is 5.32 Å². The predicted octanol–water partition coefficient (Wildman–Crippen LogP) is 4.14. The first kappa shape index (κ1) is 25.5. The van der Waals surface area contributed by atoms with Crippen LogP contribution in [0.25, 0.3) is 0 Å². The summed E-state index contributed by atoms with van der Waals surface area (Å²) in [5.41, 5.74) is 1.82. The number of hydrogen-bond donors (Lipinski definition) is 1. The molecule has 0 unspecified atom stereocenters. The van der Waals surface area contributed by atoms with Gasteiger partial charge in [-0.25, -0.2) is 12.8 Å². The molecule has 9 heteroatoms. The average molecular weight is 510 g/mol. The normalized spacial score (nSPS) is 14.6. The molecule has 1 aliphatic rings. The molecule has 0 radical (unpaired) electrons. The zero-order chi connectivity index (χ0) is 25.7. The highest BCUT2D eigenvalue weighted by molar-refractivity contribution is 7.89. The van der Waals surface area contributed by atoms with Crippen LogP contribution in [0.3, 0.4) is 0 Å². The molecule has 0 atom stereocenters. The minimum Gasteiger partial charge on any atom is -0.339 e. The highest BCUT2D eigenvalue weighted by Gasteiger charge is 2.28. The van der Waals surface area contributed by atoms with Gasteiger partial charge in [0.25, 0.3) is 5.91 Å². The first-order valence-corrected chi connectivity index (χ1v) is 13.1. The molecule has 0 spiro atoms. The first-order valence-electron chi connectivity index (χ1n) is 11.7. The van der Waals surface area contributed by atoms with E-state index < -0.39 is 15.8 Å². The Hall–Kier alpha value is -3.56. The average Bonchev–Trinajstić information content (AvgIpc) is 2.89. The van der Waals surface area contributed by atoms with E-state index in [-0.39, 0.29) is 29.2 Å². The van der Waals surface area contributed by atoms with Crippen LogP contribution in [-0.2, 0) is 21.4 Å². The quantitative estimate of drug-likeness (QED) is 0.519. The molecular weight excluding hydrogens is 481 g/mol. The minimum atomic E-state index is -3.68. The molecule has 0 aromatic heterocycles. The van der Waals surface area contributed by atoms with Gasteiger partial charge in [-0.3, -0.25) is 9.59 Å². The molecule has 188 valence electrons. The van der Waals surface area contributed by atoms with Gasteiger partial charge in [0.2, 0.25) is 15.9 Å². The van der Waals surface area contributed by atoms with Gasteiger partial charge in [0, 0.05) is 43.9 Å². The van der Waals surface area contributed by atoms with Crippen LogP contribution in [0.1, 0.15) is 28.8 Å². The highest BCUT2D eigenvalue weighted by Crippen LogP contribution is 2.23. The lowest BCUT2D eigenvalue weighted by molar-refractivity contribution is -0.121. The van der Waals surface area contributed by atoms with Gasteiger partial charge in [-0.15, -0.1) is 0 Å². The monoisotopic (exact) mass is 509 g/mol. The maximum absolute atomic E-state index is 13.1. The minimum absolute atomic E-state index is 0.145. The number of nitrogens with zero attached hydrogens (tertiary/aromatic N) is 2. The van der Waals surface area contributed by atoms with E-state index in [1.165, 1.54) is 47.8 Å². The second kappa shape index (κ2) is 11.0. The van der Waals surface area contributed by atoms with Crippen molar-refractivity contribution in [3.05, 3.63) is 95.8 Å². The summed E-state index contributed by atoms with van der Waals surface area (Å²) in [5, 5.41) is 2.85. The standard InChI is InChI=1S/C27H28FN3O4S/c1-30(19-20-5-3-2-4-6-20)36(34,35)25-13-11-24(12-14-25)29-26(32)21-15-17-31(18-16-21)27(33)22-7-9-23(28)10-8-22/h2-14,21H,15-19H2,1H3,(H,29,32). The molecule has 2 amide bonds. The summed E-state index contributed by atoms with van der Waals surface area (Å²) in [6.45, 7) is 1.11. The number of halogens is 1. The van der Waals surface area contributed by atoms with Gasteiger partial charge >= 0.3 is 0 Å². The molecule has 7 nitrogen and oxygen atoms in total. The summed E-state index contributed by atoms with van der Waals surface area (Å²) >= 11 is 0. The number of sulfonamides is 1. The molecule has 1 saturated heterocycles. The molecule has 0 bridgehead atoms. The Balaban J connectivity index is 1.31. The Kier molecular flexibility index (Phi) is 7.81. The summed E-state index contributed by atoms with van der Waals surface area (Å²) in [7, 11) is -2.15. The molecule has 1 heterocycles. The van der Waals surface area contributed by atoms with Crippen LogP contribution in [0.5, 0.6) is 0 Å². The number of hydrogen-bond acceptors (Lipinski definition) is 4. The van der Waals surface area contributed by atoms with E-state index >= 15 is 0 Å². The molecule has 36 heavy (non-hydrogen) atoms. The van der Waals surface area contributed by atoms with Crippen LogP contribution in [0.2, 0.25) is 0 Å². The number of carbonyl (C=O) groups excluding carboxylic acids is 2. The lowest BCUT2D eigenvalue weighted by Gasteiger charge is -2.31. The Morgan fingerprint density at radius 3 is 2.17 bits per heavy atom. The molecule has 1 N–H and O–H groups in total. The van der Waals surface area contributed by atoms with E-state index in [4.69, 9.17) is 0 Å². The zero-order valence-electron chi connectivity index (χ0n) is 19.9. The van der Waals surface area contributed by atoms with Gasteiger partial charge in [-0.2, -0.15) is 4.31 Å². The molecule has 1 fully saturated rings. The van der Waals surface area contributed by atoms with Gasteiger partial charge in [0.05, 0.1) is 4.90 Å². The highest BCUT2D eigenvalue weighted by atomic mass is 32.2. The molecule has 0 aliphatic carbocycles. The smallest absolute Gasteiger partial charge is 0.253 e. The first-order chi connectivity index (χ1) is 17.2. The third kappa shape index (κ3) is 5.98. The van der Waals surface area contributed by atoms with Crippen LogP contribution >= 0.6 is 0 Å². The second-order valence-electron chi connectivity index (χ2n) is 8.83. The van der Waals surface area contributed by atoms with Crippen LogP contribution < -0.4 is 5.32 Å². The number of likely N-dealkylation sites (tertiary alicyclic amines) is 1. The predicted molar refractivity (Wildman–Crippen MR) is 135 cm³/mol. The fourth-order valence-corrected chi connectivity index (χ4v) is 5.34. The van der Waals surface area contributed by atoms with Gasteiger partial charge in [-0.1, -0.05) is 30.3 Å². The van der Waals surface area contributed by atoms with Gasteiger partial charge in [-0.05, 0) is 66.9 Å². The maximum Gasteiger partial charge on any atom is 0.253 e. The van der Waals surface area contributed by atoms with Crippen molar-refractivity contribution < 1.29 is 22.4 Å². The SMILES string of the molecule is CN(Cc1ccccc1)S(=O)(=O)c1ccc(NC(=O)C2CCN(C(=O)c3ccc(F)cc3)CC2)cc1. The Bertz CT molecular complexity index is 1310. The van der Waals surface area contributed by atoms with Crippen LogP contribution in [0, 0.1) is 11.7 Å². The van der Waals surface area contributed by atoms with E-state index in [9.17, 15) is 22.4 Å². The summed E-state index contributed by atoms with van der Waals surface area (Å²) in [4.78, 5) is 27.2. The maximum atomic E-state index is 13.1. The number of anilines is 1. The topological polar surface area (TPSA) is 86.8 Å². The van der Waals surface area contributed by atoms with Crippen molar-refractivity contribution in [1.29, 1.82) is 0 Å². The van der Waals surface area contributed by atoms with Crippen molar-refractivity contribution in [1.82, 2.24) is 9.21 Å². The fourth-order valence-electron chi connectivity index (χ4n) is 4.18. The van der Waals surface area contributed by atoms with Crippen molar-refractivity contribution in [3.63, 3.8) is 0 Å². The summed E-state index contributed by atoms with van der Waals surface area (Å²) in [6, 6.07) is 20.9. The van der Waals surface area contributed by atoms with E-state index in [1.54, 1.807) is 17.0 Å². The lowest BCUT2D eigenvalue weighted by atomic mass is 9.95. The van der Waals surface area contributed by atoms with Crippen LogP contribution in [0.15, 0.2) is 83.8 Å². The molecule has 3 aromatic rings. The third-order valence-electron chi connectivity index (χ3n) is 6.32. The Morgan fingerprint density at radius 2 is 1.56 bits per heavy atom. The number of benzene rings is 3. The zero-order valence-corrected chi connectivity index (χ0v) is 20.7. The Labute approximate surface area is 210 Å². The van der Waals surface area contributed by atoms with E-state index in [0.717, 1.165) is 5.56 Å². The fraction of sp³-hybridized carbons (Fsp3) is 0.259. The van der Waals surface area contributed by atoms with Crippen molar-refractivity contribution in [3.8, 4) is 0 Å². The lowest BCUT2D eigenvalue weighted by Crippen LogP contribution is -2.41. The van der Waals surface area contributed by atoms with Gasteiger partial charge in [0.15, 0.2) is 0 Å². The number of piperidine rings is 1. The van der Waals surface area contributed by atoms with E-state index in [1.807, 2.05) is 30.3 Å². The van der Waals surface area contributed by atoms with Crippen LogP contribution in [-0.4, -0.2) is 49.6 Å². The van der Waals surface area contributed by atoms with Crippen molar-refractivity contribution >= 4 is 27.5 Å². The number of nitrogens with one attached hydrogen (secondary N) is 1. The van der Waals surface area contributed by atoms with Gasteiger partial charge in [0.1, 0.15) is 5.82 Å². The second-order valence-corrected chi connectivity index (χ2v) is 10.9. The van der Waals surface area contributed by atoms with Gasteiger partial charge < -0.3 is 10.2 Å². The third-order valence-corrected chi connectivity index (χ3v) is 8.14.